The third kappa shape index (κ3) is 9.61. The van der Waals surface area contributed by atoms with Crippen LogP contribution in [0.4, 0.5) is 0 Å². The first-order chi connectivity index (χ1) is 11.6. The van der Waals surface area contributed by atoms with Crippen molar-refractivity contribution in [1.82, 2.24) is 0 Å². The van der Waals surface area contributed by atoms with Crippen LogP contribution in [0.15, 0.2) is 0 Å². The van der Waals surface area contributed by atoms with Crippen LogP contribution >= 0.6 is 0 Å². The van der Waals surface area contributed by atoms with Crippen LogP contribution in [-0.4, -0.2) is 14.4 Å². The summed E-state index contributed by atoms with van der Waals surface area (Å²) in [6, 6.07) is 0. The fraction of sp³-hybridized carbons (Fsp3) is 1.00. The monoisotopic (exact) mass is 354 g/mol. The van der Waals surface area contributed by atoms with Gasteiger partial charge in [-0.1, -0.05) is 104 Å². The summed E-state index contributed by atoms with van der Waals surface area (Å²) in [5, 5.41) is 0. The van der Waals surface area contributed by atoms with Crippen molar-refractivity contribution in [3.63, 3.8) is 0 Å². The van der Waals surface area contributed by atoms with Gasteiger partial charge in [-0.15, -0.1) is 0 Å². The summed E-state index contributed by atoms with van der Waals surface area (Å²) >= 11 is 0. The molecule has 24 heavy (non-hydrogen) atoms. The van der Waals surface area contributed by atoms with Gasteiger partial charge in [0.2, 0.25) is 0 Å². The van der Waals surface area contributed by atoms with Gasteiger partial charge in [-0.3, -0.25) is 0 Å². The van der Waals surface area contributed by atoms with Gasteiger partial charge in [0, 0.05) is 6.10 Å². The van der Waals surface area contributed by atoms with E-state index in [0.717, 1.165) is 5.54 Å². The second-order valence-electron chi connectivity index (χ2n) is 8.70. The Labute approximate surface area is 154 Å². The molecule has 1 aliphatic rings. The van der Waals surface area contributed by atoms with E-state index in [0.29, 0.717) is 6.10 Å². The van der Waals surface area contributed by atoms with E-state index >= 15 is 0 Å². The van der Waals surface area contributed by atoms with Crippen LogP contribution < -0.4 is 0 Å². The molecular formula is C22H46OSi. The minimum absolute atomic E-state index is 0.540. The molecule has 2 heteroatoms. The Morgan fingerprint density at radius 2 is 1.33 bits per heavy atom. The molecule has 0 aromatic rings. The van der Waals surface area contributed by atoms with Crippen LogP contribution in [0.2, 0.25) is 18.6 Å². The van der Waals surface area contributed by atoms with Gasteiger partial charge in [0.05, 0.1) is 0 Å². The maximum atomic E-state index is 6.74. The molecule has 1 fully saturated rings. The average molecular weight is 355 g/mol. The zero-order valence-electron chi connectivity index (χ0n) is 17.4. The van der Waals surface area contributed by atoms with E-state index in [9.17, 15) is 0 Å². The van der Waals surface area contributed by atoms with Crippen molar-refractivity contribution in [2.75, 3.05) is 0 Å². The lowest BCUT2D eigenvalue weighted by atomic mass is 10.0. The van der Waals surface area contributed by atoms with Gasteiger partial charge in [0.15, 0.2) is 8.32 Å². The molecule has 1 aliphatic carbocycles. The Bertz CT molecular complexity index is 284. The van der Waals surface area contributed by atoms with Gasteiger partial charge in [-0.2, -0.15) is 0 Å². The highest BCUT2D eigenvalue weighted by Crippen LogP contribution is 2.38. The van der Waals surface area contributed by atoms with Crippen LogP contribution in [-0.2, 0) is 4.43 Å². The van der Waals surface area contributed by atoms with Crippen molar-refractivity contribution < 1.29 is 4.43 Å². The van der Waals surface area contributed by atoms with E-state index in [-0.39, 0.29) is 0 Å². The molecule has 0 amide bonds. The van der Waals surface area contributed by atoms with Gasteiger partial charge >= 0.3 is 0 Å². The van der Waals surface area contributed by atoms with E-state index in [1.54, 1.807) is 0 Å². The van der Waals surface area contributed by atoms with Gasteiger partial charge in [-0.05, 0) is 31.5 Å². The Morgan fingerprint density at radius 3 is 1.88 bits per heavy atom. The Hall–Kier alpha value is 0.177. The van der Waals surface area contributed by atoms with Crippen molar-refractivity contribution >= 4 is 8.32 Å². The SMILES string of the molecule is CCCCCCCCCCCC(CC)O[Si](C)(C)C1CCCCC1. The van der Waals surface area contributed by atoms with Crippen molar-refractivity contribution in [3.05, 3.63) is 0 Å². The second-order valence-corrected chi connectivity index (χ2v) is 13.0. The molecule has 0 saturated heterocycles. The molecule has 144 valence electrons. The molecule has 0 spiro atoms. The largest absolute Gasteiger partial charge is 0.414 e. The molecule has 0 aromatic heterocycles. The lowest BCUT2D eigenvalue weighted by molar-refractivity contribution is 0.164. The molecule has 1 nitrogen and oxygen atoms in total. The number of unbranched alkanes of at least 4 members (excludes halogenated alkanes) is 8. The lowest BCUT2D eigenvalue weighted by Crippen LogP contribution is -2.41. The molecule has 0 N–H and O–H groups in total. The summed E-state index contributed by atoms with van der Waals surface area (Å²) in [4.78, 5) is 0. The van der Waals surface area contributed by atoms with Gasteiger partial charge in [0.25, 0.3) is 0 Å². The normalized spacial score (nSPS) is 18.0. The van der Waals surface area contributed by atoms with E-state index in [1.807, 2.05) is 0 Å². The van der Waals surface area contributed by atoms with E-state index in [4.69, 9.17) is 4.43 Å². The minimum atomic E-state index is -1.48. The quantitative estimate of drug-likeness (QED) is 0.225. The van der Waals surface area contributed by atoms with Gasteiger partial charge in [-0.25, -0.2) is 0 Å². The Morgan fingerprint density at radius 1 is 0.792 bits per heavy atom. The maximum Gasteiger partial charge on any atom is 0.190 e. The predicted molar refractivity (Wildman–Crippen MR) is 111 cm³/mol. The molecule has 1 rings (SSSR count). The molecule has 0 heterocycles. The van der Waals surface area contributed by atoms with Crippen LogP contribution in [0.25, 0.3) is 0 Å². The summed E-state index contributed by atoms with van der Waals surface area (Å²) < 4.78 is 6.74. The standard InChI is InChI=1S/C22H46OSi/c1-5-7-8-9-10-11-12-13-15-18-21(6-2)23-24(3,4)22-19-16-14-17-20-22/h21-22H,5-20H2,1-4H3. The smallest absolute Gasteiger partial charge is 0.190 e. The van der Waals surface area contributed by atoms with Crippen LogP contribution in [0, 0.1) is 0 Å². The predicted octanol–water partition coefficient (Wildman–Crippen LogP) is 8.24. The molecule has 1 atom stereocenters. The zero-order chi connectivity index (χ0) is 17.7. The first kappa shape index (κ1) is 22.2. The molecule has 1 unspecified atom stereocenters. The fourth-order valence-electron chi connectivity index (χ4n) is 4.35. The Kier molecular flexibility index (Phi) is 12.4. The maximum absolute atomic E-state index is 6.74. The highest BCUT2D eigenvalue weighted by Gasteiger charge is 2.36. The topological polar surface area (TPSA) is 9.23 Å². The molecule has 0 aromatic carbocycles. The van der Waals surface area contributed by atoms with Gasteiger partial charge in [0.1, 0.15) is 0 Å². The molecule has 0 radical (unpaired) electrons. The van der Waals surface area contributed by atoms with Crippen LogP contribution in [0.1, 0.15) is 117 Å². The van der Waals surface area contributed by atoms with Crippen molar-refractivity contribution in [1.29, 1.82) is 0 Å². The summed E-state index contributed by atoms with van der Waals surface area (Å²) in [6.45, 7) is 9.60. The third-order valence-electron chi connectivity index (χ3n) is 6.14. The highest BCUT2D eigenvalue weighted by molar-refractivity contribution is 6.72. The molecule has 0 aliphatic heterocycles. The van der Waals surface area contributed by atoms with Gasteiger partial charge < -0.3 is 4.43 Å². The lowest BCUT2D eigenvalue weighted by Gasteiger charge is -2.37. The van der Waals surface area contributed by atoms with Crippen molar-refractivity contribution in [2.45, 2.75) is 141 Å². The fourth-order valence-corrected chi connectivity index (χ4v) is 7.49. The van der Waals surface area contributed by atoms with E-state index in [2.05, 4.69) is 26.9 Å². The highest BCUT2D eigenvalue weighted by atomic mass is 28.4. The zero-order valence-corrected chi connectivity index (χ0v) is 18.4. The molecule has 0 bridgehead atoms. The minimum Gasteiger partial charge on any atom is -0.414 e. The number of hydrogen-bond acceptors (Lipinski definition) is 1. The van der Waals surface area contributed by atoms with E-state index < -0.39 is 8.32 Å². The molecule has 1 saturated carbocycles. The Balaban J connectivity index is 2.11. The number of rotatable bonds is 14. The first-order valence-corrected chi connectivity index (χ1v) is 14.3. The summed E-state index contributed by atoms with van der Waals surface area (Å²) in [6.07, 6.45) is 23.1. The summed E-state index contributed by atoms with van der Waals surface area (Å²) in [7, 11) is -1.48. The van der Waals surface area contributed by atoms with Crippen molar-refractivity contribution in [2.24, 2.45) is 0 Å². The third-order valence-corrected chi connectivity index (χ3v) is 9.63. The first-order valence-electron chi connectivity index (χ1n) is 11.3. The van der Waals surface area contributed by atoms with Crippen molar-refractivity contribution in [3.8, 4) is 0 Å². The van der Waals surface area contributed by atoms with E-state index in [1.165, 1.54) is 103 Å². The van der Waals surface area contributed by atoms with Crippen LogP contribution in [0.5, 0.6) is 0 Å². The number of hydrogen-bond donors (Lipinski definition) is 0. The summed E-state index contributed by atoms with van der Waals surface area (Å²) in [5.41, 5.74) is 0.920. The second kappa shape index (κ2) is 13.4. The molecular weight excluding hydrogens is 308 g/mol. The average Bonchev–Trinajstić information content (AvgIpc) is 2.60. The van der Waals surface area contributed by atoms with Crippen LogP contribution in [0.3, 0.4) is 0 Å². The summed E-state index contributed by atoms with van der Waals surface area (Å²) in [5.74, 6) is 0.